The van der Waals surface area contributed by atoms with Crippen molar-refractivity contribution >= 4 is 38.5 Å². The number of benzene rings is 2. The highest BCUT2D eigenvalue weighted by atomic mass is 79.9. The van der Waals surface area contributed by atoms with E-state index in [2.05, 4.69) is 36.3 Å². The monoisotopic (exact) mass is 365 g/mol. The number of fused-ring (bicyclic) bond motifs is 1. The van der Waals surface area contributed by atoms with Gasteiger partial charge in [-0.05, 0) is 40.2 Å². The molecule has 0 bridgehead atoms. The van der Waals surface area contributed by atoms with E-state index >= 15 is 0 Å². The van der Waals surface area contributed by atoms with E-state index in [1.807, 2.05) is 59.3 Å². The van der Waals surface area contributed by atoms with Crippen LogP contribution < -0.4 is 5.32 Å². The van der Waals surface area contributed by atoms with Crippen LogP contribution in [0.2, 0.25) is 0 Å². The standard InChI is InChI=1S/C17H12BrN5/c18-14-8-4-5-9-15(14)22-16-13-10-21-23(17(13)20-11-19-16)12-6-2-1-3-7-12/h1-11H,(H,19,20,22). The number of para-hydroxylation sites is 2. The third-order valence-corrected chi connectivity index (χ3v) is 4.18. The van der Waals surface area contributed by atoms with E-state index < -0.39 is 0 Å². The molecule has 0 aliphatic heterocycles. The van der Waals surface area contributed by atoms with Crippen LogP contribution in [0.4, 0.5) is 11.5 Å². The molecule has 0 aliphatic carbocycles. The summed E-state index contributed by atoms with van der Waals surface area (Å²) in [6.45, 7) is 0. The van der Waals surface area contributed by atoms with Crippen molar-refractivity contribution in [2.45, 2.75) is 0 Å². The fraction of sp³-hybridized carbons (Fsp3) is 0. The molecule has 2 aromatic carbocycles. The maximum atomic E-state index is 4.45. The highest BCUT2D eigenvalue weighted by molar-refractivity contribution is 9.10. The van der Waals surface area contributed by atoms with Crippen molar-refractivity contribution in [2.75, 3.05) is 5.32 Å². The van der Waals surface area contributed by atoms with Crippen LogP contribution in [0, 0.1) is 0 Å². The molecule has 23 heavy (non-hydrogen) atoms. The molecule has 0 radical (unpaired) electrons. The summed E-state index contributed by atoms with van der Waals surface area (Å²) in [6, 6.07) is 17.8. The first-order valence-corrected chi connectivity index (χ1v) is 7.88. The fourth-order valence-electron chi connectivity index (χ4n) is 2.39. The molecule has 0 saturated heterocycles. The van der Waals surface area contributed by atoms with E-state index in [0.29, 0.717) is 0 Å². The zero-order chi connectivity index (χ0) is 15.6. The van der Waals surface area contributed by atoms with Crippen LogP contribution in [-0.4, -0.2) is 19.7 Å². The summed E-state index contributed by atoms with van der Waals surface area (Å²) in [5.74, 6) is 0.726. The summed E-state index contributed by atoms with van der Waals surface area (Å²) in [6.07, 6.45) is 3.32. The van der Waals surface area contributed by atoms with Gasteiger partial charge in [-0.25, -0.2) is 14.6 Å². The smallest absolute Gasteiger partial charge is 0.168 e. The minimum absolute atomic E-state index is 0.726. The summed E-state index contributed by atoms with van der Waals surface area (Å²) < 4.78 is 2.78. The number of anilines is 2. The van der Waals surface area contributed by atoms with Crippen LogP contribution in [0.15, 0.2) is 71.6 Å². The Morgan fingerprint density at radius 1 is 0.913 bits per heavy atom. The van der Waals surface area contributed by atoms with Crippen molar-refractivity contribution in [1.29, 1.82) is 0 Å². The summed E-state index contributed by atoms with van der Waals surface area (Å²) in [4.78, 5) is 8.73. The maximum Gasteiger partial charge on any atom is 0.168 e. The lowest BCUT2D eigenvalue weighted by Crippen LogP contribution is -1.99. The van der Waals surface area contributed by atoms with Crippen LogP contribution in [-0.2, 0) is 0 Å². The first-order valence-electron chi connectivity index (χ1n) is 7.08. The number of rotatable bonds is 3. The molecule has 6 heteroatoms. The number of hydrogen-bond donors (Lipinski definition) is 1. The van der Waals surface area contributed by atoms with Gasteiger partial charge >= 0.3 is 0 Å². The molecule has 0 amide bonds. The molecule has 0 unspecified atom stereocenters. The molecular formula is C17H12BrN5. The normalized spacial score (nSPS) is 10.8. The van der Waals surface area contributed by atoms with Gasteiger partial charge < -0.3 is 5.32 Å². The molecule has 0 spiro atoms. The molecule has 0 atom stereocenters. The van der Waals surface area contributed by atoms with Crippen LogP contribution in [0.3, 0.4) is 0 Å². The van der Waals surface area contributed by atoms with Gasteiger partial charge in [0.25, 0.3) is 0 Å². The Balaban J connectivity index is 1.81. The topological polar surface area (TPSA) is 55.6 Å². The highest BCUT2D eigenvalue weighted by Gasteiger charge is 2.11. The van der Waals surface area contributed by atoms with E-state index in [4.69, 9.17) is 0 Å². The number of nitrogens with one attached hydrogen (secondary N) is 1. The predicted octanol–water partition coefficient (Wildman–Crippen LogP) is 4.32. The minimum atomic E-state index is 0.726. The van der Waals surface area contributed by atoms with E-state index in [1.165, 1.54) is 0 Å². The van der Waals surface area contributed by atoms with Crippen molar-refractivity contribution in [2.24, 2.45) is 0 Å². The van der Waals surface area contributed by atoms with Gasteiger partial charge in [-0.3, -0.25) is 0 Å². The van der Waals surface area contributed by atoms with Gasteiger partial charge in [-0.2, -0.15) is 5.10 Å². The molecule has 0 saturated carbocycles. The molecule has 0 fully saturated rings. The van der Waals surface area contributed by atoms with Gasteiger partial charge in [0.05, 0.1) is 23.0 Å². The summed E-state index contributed by atoms with van der Waals surface area (Å²) in [5.41, 5.74) is 2.67. The summed E-state index contributed by atoms with van der Waals surface area (Å²) >= 11 is 3.53. The van der Waals surface area contributed by atoms with Crippen molar-refractivity contribution in [3.05, 3.63) is 71.6 Å². The van der Waals surface area contributed by atoms with Crippen LogP contribution in [0.5, 0.6) is 0 Å². The molecule has 4 aromatic rings. The fourth-order valence-corrected chi connectivity index (χ4v) is 2.78. The van der Waals surface area contributed by atoms with Crippen LogP contribution in [0.25, 0.3) is 16.7 Å². The average Bonchev–Trinajstić information content (AvgIpc) is 3.03. The zero-order valence-corrected chi connectivity index (χ0v) is 13.6. The molecule has 1 N–H and O–H groups in total. The highest BCUT2D eigenvalue weighted by Crippen LogP contribution is 2.28. The lowest BCUT2D eigenvalue weighted by molar-refractivity contribution is 0.895. The SMILES string of the molecule is Brc1ccccc1Nc1ncnc2c1cnn2-c1ccccc1. The second kappa shape index (κ2) is 5.81. The predicted molar refractivity (Wildman–Crippen MR) is 94.1 cm³/mol. The van der Waals surface area contributed by atoms with Gasteiger partial charge in [0.15, 0.2) is 5.65 Å². The second-order valence-electron chi connectivity index (χ2n) is 4.96. The number of aromatic nitrogens is 4. The summed E-state index contributed by atoms with van der Waals surface area (Å²) in [5, 5.41) is 8.65. The van der Waals surface area contributed by atoms with Gasteiger partial charge in [0.2, 0.25) is 0 Å². The lowest BCUT2D eigenvalue weighted by atomic mass is 10.3. The Hall–Kier alpha value is -2.73. The third kappa shape index (κ3) is 2.57. The van der Waals surface area contributed by atoms with Gasteiger partial charge in [0.1, 0.15) is 12.1 Å². The zero-order valence-electron chi connectivity index (χ0n) is 12.0. The van der Waals surface area contributed by atoms with Crippen LogP contribution in [0.1, 0.15) is 0 Å². The first kappa shape index (κ1) is 13.9. The van der Waals surface area contributed by atoms with Gasteiger partial charge in [0, 0.05) is 4.47 Å². The Morgan fingerprint density at radius 3 is 2.52 bits per heavy atom. The number of halogens is 1. The van der Waals surface area contributed by atoms with Gasteiger partial charge in [-0.1, -0.05) is 30.3 Å². The van der Waals surface area contributed by atoms with Gasteiger partial charge in [-0.15, -0.1) is 0 Å². The first-order chi connectivity index (χ1) is 11.3. The number of hydrogen-bond acceptors (Lipinski definition) is 4. The lowest BCUT2D eigenvalue weighted by Gasteiger charge is -2.08. The Bertz CT molecular complexity index is 965. The largest absolute Gasteiger partial charge is 0.339 e. The van der Waals surface area contributed by atoms with E-state index in [0.717, 1.165) is 32.7 Å². The molecular weight excluding hydrogens is 354 g/mol. The minimum Gasteiger partial charge on any atom is -0.339 e. The third-order valence-electron chi connectivity index (χ3n) is 3.49. The molecule has 2 aromatic heterocycles. The number of nitrogens with zero attached hydrogens (tertiary/aromatic N) is 4. The Morgan fingerprint density at radius 2 is 1.70 bits per heavy atom. The Labute approximate surface area is 141 Å². The van der Waals surface area contributed by atoms with Crippen molar-refractivity contribution in [3.8, 4) is 5.69 Å². The van der Waals surface area contributed by atoms with E-state index in [1.54, 1.807) is 12.5 Å². The summed E-state index contributed by atoms with van der Waals surface area (Å²) in [7, 11) is 0. The molecule has 5 nitrogen and oxygen atoms in total. The average molecular weight is 366 g/mol. The molecule has 2 heterocycles. The molecule has 0 aliphatic rings. The molecule has 4 rings (SSSR count). The van der Waals surface area contributed by atoms with Crippen molar-refractivity contribution in [3.63, 3.8) is 0 Å². The van der Waals surface area contributed by atoms with Crippen LogP contribution >= 0.6 is 15.9 Å². The quantitative estimate of drug-likeness (QED) is 0.587. The van der Waals surface area contributed by atoms with Crippen molar-refractivity contribution < 1.29 is 0 Å². The maximum absolute atomic E-state index is 4.45. The van der Waals surface area contributed by atoms with E-state index in [9.17, 15) is 0 Å². The second-order valence-corrected chi connectivity index (χ2v) is 5.81. The van der Waals surface area contributed by atoms with E-state index in [-0.39, 0.29) is 0 Å². The Kier molecular flexibility index (Phi) is 3.51. The van der Waals surface area contributed by atoms with Crippen molar-refractivity contribution in [1.82, 2.24) is 19.7 Å². The molecule has 112 valence electrons.